The van der Waals surface area contributed by atoms with Crippen LogP contribution in [0.3, 0.4) is 0 Å². The number of benzene rings is 2. The number of alkyl carbamates (subject to hydrolysis) is 1. The van der Waals surface area contributed by atoms with Gasteiger partial charge in [-0.3, -0.25) is 9.59 Å². The van der Waals surface area contributed by atoms with Crippen molar-refractivity contribution < 1.29 is 28.7 Å². The molecule has 0 radical (unpaired) electrons. The smallest absolute Gasteiger partial charge is 0.408 e. The monoisotopic (exact) mass is 625 g/mol. The second-order valence-corrected chi connectivity index (χ2v) is 13.3. The lowest BCUT2D eigenvalue weighted by atomic mass is 10.0. The first kappa shape index (κ1) is 36.4. The van der Waals surface area contributed by atoms with Gasteiger partial charge in [0.1, 0.15) is 29.3 Å². The van der Waals surface area contributed by atoms with Crippen molar-refractivity contribution in [2.45, 2.75) is 83.7 Å². The molecule has 44 heavy (non-hydrogen) atoms. The Labute approximate surface area is 266 Å². The molecule has 2 aromatic carbocycles. The summed E-state index contributed by atoms with van der Waals surface area (Å²) in [5.41, 5.74) is -0.181. The molecule has 2 rings (SSSR count). The molecule has 0 heterocycles. The summed E-state index contributed by atoms with van der Waals surface area (Å²) in [5, 5.41) is 5.58. The molecule has 3 unspecified atom stereocenters. The molecule has 0 saturated carbocycles. The minimum absolute atomic E-state index is 0.00731. The molecule has 3 amide bonds. The number of hydrogen-bond donors (Lipinski definition) is 2. The van der Waals surface area contributed by atoms with Crippen LogP contribution < -0.4 is 10.6 Å². The lowest BCUT2D eigenvalue weighted by molar-refractivity contribution is -0.159. The lowest BCUT2D eigenvalue weighted by Gasteiger charge is -2.34. The van der Waals surface area contributed by atoms with E-state index >= 15 is 0 Å². The molecule has 9 nitrogen and oxygen atoms in total. The molecular formula is C34H47N3O6S. The molecule has 10 heteroatoms. The second kappa shape index (κ2) is 16.9. The highest BCUT2D eigenvalue weighted by Crippen LogP contribution is 2.24. The zero-order valence-corrected chi connectivity index (χ0v) is 27.7. The van der Waals surface area contributed by atoms with Gasteiger partial charge in [0.2, 0.25) is 11.8 Å². The number of esters is 1. The number of nitrogens with one attached hydrogen (secondary N) is 2. The molecule has 0 bridgehead atoms. The summed E-state index contributed by atoms with van der Waals surface area (Å²) in [4.78, 5) is 55.9. The molecule has 0 fully saturated rings. The number of thioether (sulfide) groups is 1. The van der Waals surface area contributed by atoms with Crippen LogP contribution in [0.1, 0.15) is 65.1 Å². The first-order valence-corrected chi connectivity index (χ1v) is 16.1. The van der Waals surface area contributed by atoms with Crippen LogP contribution in [0, 0.1) is 0 Å². The minimum Gasteiger partial charge on any atom is -0.458 e. The fraction of sp³-hybridized carbons (Fsp3) is 0.471. The standard InChI is InChI=1S/C34H47N3O6S/c1-9-21-37(30(39)26(20-22-44-8)36-32(41)43-34(5,6)7)28(25-18-14-11-15-19-25)29(38)35-27(31(40)42-33(2,3)4)23-24-16-12-10-13-17-24/h9-19,26-28H,1,20-23H2,2-8H3,(H,35,38)(H,36,41). The van der Waals surface area contributed by atoms with E-state index in [1.807, 2.05) is 42.7 Å². The number of nitrogens with zero attached hydrogens (tertiary/aromatic N) is 1. The molecule has 2 N–H and O–H groups in total. The highest BCUT2D eigenvalue weighted by molar-refractivity contribution is 7.98. The summed E-state index contributed by atoms with van der Waals surface area (Å²) in [7, 11) is 0. The van der Waals surface area contributed by atoms with Crippen molar-refractivity contribution in [3.63, 3.8) is 0 Å². The van der Waals surface area contributed by atoms with E-state index in [0.717, 1.165) is 5.56 Å². The van der Waals surface area contributed by atoms with Gasteiger partial charge in [-0.2, -0.15) is 11.8 Å². The van der Waals surface area contributed by atoms with Gasteiger partial charge in [-0.1, -0.05) is 66.7 Å². The lowest BCUT2D eigenvalue weighted by Crippen LogP contribution is -2.55. The van der Waals surface area contributed by atoms with Crippen LogP contribution in [-0.2, 0) is 30.3 Å². The quantitative estimate of drug-likeness (QED) is 0.212. The maximum atomic E-state index is 14.2. The van der Waals surface area contributed by atoms with Crippen LogP contribution >= 0.6 is 11.8 Å². The van der Waals surface area contributed by atoms with Gasteiger partial charge in [-0.25, -0.2) is 9.59 Å². The van der Waals surface area contributed by atoms with Gasteiger partial charge in [0.05, 0.1) is 0 Å². The number of ether oxygens (including phenoxy) is 2. The maximum Gasteiger partial charge on any atom is 0.408 e. The Balaban J connectivity index is 2.52. The van der Waals surface area contributed by atoms with Gasteiger partial charge < -0.3 is 25.0 Å². The zero-order valence-electron chi connectivity index (χ0n) is 26.9. The summed E-state index contributed by atoms with van der Waals surface area (Å²) in [6.07, 6.45) is 3.19. The van der Waals surface area contributed by atoms with Crippen LogP contribution in [0.4, 0.5) is 4.79 Å². The van der Waals surface area contributed by atoms with Crippen LogP contribution in [-0.4, -0.2) is 70.6 Å². The highest BCUT2D eigenvalue weighted by atomic mass is 32.2. The van der Waals surface area contributed by atoms with E-state index in [4.69, 9.17) is 9.47 Å². The van der Waals surface area contributed by atoms with Crippen LogP contribution in [0.5, 0.6) is 0 Å². The second-order valence-electron chi connectivity index (χ2n) is 12.4. The zero-order chi connectivity index (χ0) is 32.9. The largest absolute Gasteiger partial charge is 0.458 e. The number of carbonyl (C=O) groups is 4. The third kappa shape index (κ3) is 12.4. The minimum atomic E-state index is -1.14. The van der Waals surface area contributed by atoms with Crippen molar-refractivity contribution in [1.82, 2.24) is 15.5 Å². The first-order chi connectivity index (χ1) is 20.6. The van der Waals surface area contributed by atoms with Crippen LogP contribution in [0.2, 0.25) is 0 Å². The molecule has 0 aliphatic rings. The summed E-state index contributed by atoms with van der Waals surface area (Å²) >= 11 is 1.53. The van der Waals surface area contributed by atoms with Crippen molar-refractivity contribution in [2.75, 3.05) is 18.6 Å². The average molecular weight is 626 g/mol. The van der Waals surface area contributed by atoms with E-state index in [1.54, 1.807) is 65.8 Å². The third-order valence-corrected chi connectivity index (χ3v) is 6.82. The van der Waals surface area contributed by atoms with E-state index in [-0.39, 0.29) is 13.0 Å². The number of amides is 3. The summed E-state index contributed by atoms with van der Waals surface area (Å²) in [6, 6.07) is 15.0. The maximum absolute atomic E-state index is 14.2. The van der Waals surface area contributed by atoms with Gasteiger partial charge in [0, 0.05) is 13.0 Å². The SMILES string of the molecule is C=CCN(C(=O)C(CCSC)NC(=O)OC(C)(C)C)C(C(=O)NC(Cc1ccccc1)C(=O)OC(C)(C)C)c1ccccc1. The molecule has 2 aromatic rings. The van der Waals surface area contributed by atoms with Crippen molar-refractivity contribution in [3.8, 4) is 0 Å². The van der Waals surface area contributed by atoms with Gasteiger partial charge in [-0.05, 0) is 71.1 Å². The topological polar surface area (TPSA) is 114 Å². The van der Waals surface area contributed by atoms with E-state index < -0.39 is 53.2 Å². The number of carbonyl (C=O) groups excluding carboxylic acids is 4. The van der Waals surface area contributed by atoms with E-state index in [0.29, 0.717) is 17.7 Å². The van der Waals surface area contributed by atoms with Crippen LogP contribution in [0.25, 0.3) is 0 Å². The van der Waals surface area contributed by atoms with Gasteiger partial charge in [0.15, 0.2) is 0 Å². The van der Waals surface area contributed by atoms with Gasteiger partial charge in [-0.15, -0.1) is 6.58 Å². The fourth-order valence-electron chi connectivity index (χ4n) is 4.38. The molecule has 0 aromatic heterocycles. The van der Waals surface area contributed by atoms with Crippen molar-refractivity contribution in [1.29, 1.82) is 0 Å². The molecular weight excluding hydrogens is 578 g/mol. The van der Waals surface area contributed by atoms with E-state index in [2.05, 4.69) is 17.2 Å². The highest BCUT2D eigenvalue weighted by Gasteiger charge is 2.37. The Morgan fingerprint density at radius 3 is 1.95 bits per heavy atom. The third-order valence-electron chi connectivity index (χ3n) is 6.17. The first-order valence-electron chi connectivity index (χ1n) is 14.7. The number of rotatable bonds is 14. The van der Waals surface area contributed by atoms with E-state index in [9.17, 15) is 19.2 Å². The molecule has 0 aliphatic heterocycles. The molecule has 240 valence electrons. The Hall–Kier alpha value is -3.79. The van der Waals surface area contributed by atoms with Crippen molar-refractivity contribution in [3.05, 3.63) is 84.4 Å². The molecule has 0 aliphatic carbocycles. The Morgan fingerprint density at radius 2 is 1.43 bits per heavy atom. The summed E-state index contributed by atoms with van der Waals surface area (Å²) in [6.45, 7) is 14.3. The van der Waals surface area contributed by atoms with Gasteiger partial charge in [0.25, 0.3) is 0 Å². The van der Waals surface area contributed by atoms with Crippen molar-refractivity contribution >= 4 is 35.6 Å². The predicted octanol–water partition coefficient (Wildman–Crippen LogP) is 5.46. The predicted molar refractivity (Wildman–Crippen MR) is 175 cm³/mol. The normalized spacial score (nSPS) is 13.5. The number of hydrogen-bond acceptors (Lipinski definition) is 7. The van der Waals surface area contributed by atoms with Crippen LogP contribution in [0.15, 0.2) is 73.3 Å². The Morgan fingerprint density at radius 1 is 0.864 bits per heavy atom. The average Bonchev–Trinajstić information content (AvgIpc) is 2.93. The van der Waals surface area contributed by atoms with Crippen molar-refractivity contribution in [2.24, 2.45) is 0 Å². The Kier molecular flexibility index (Phi) is 14.0. The Bertz CT molecular complexity index is 1240. The molecule has 0 saturated heterocycles. The summed E-state index contributed by atoms with van der Waals surface area (Å²) < 4.78 is 11.1. The fourth-order valence-corrected chi connectivity index (χ4v) is 4.85. The van der Waals surface area contributed by atoms with Gasteiger partial charge >= 0.3 is 12.1 Å². The molecule has 3 atom stereocenters. The summed E-state index contributed by atoms with van der Waals surface area (Å²) in [5.74, 6) is -1.06. The molecule has 0 spiro atoms. The van der Waals surface area contributed by atoms with E-state index in [1.165, 1.54) is 22.7 Å².